The summed E-state index contributed by atoms with van der Waals surface area (Å²) in [7, 11) is 0. The standard InChI is InChI=1S/C19H20N4O2S/c1-13-9-17(22-18(10-13)25-14-5-4-8-24-12-14)23-19-21-11-16(26-19)15-6-2-3-7-20-15/h2-3,6-7,9-11,14H,4-5,8,12H2,1H3,(H,21,22,23). The monoisotopic (exact) mass is 368 g/mol. The third-order valence-electron chi connectivity index (χ3n) is 4.01. The van der Waals surface area contributed by atoms with Crippen LogP contribution in [0.3, 0.4) is 0 Å². The Morgan fingerprint density at radius 1 is 1.27 bits per heavy atom. The summed E-state index contributed by atoms with van der Waals surface area (Å²) in [6.45, 7) is 3.47. The summed E-state index contributed by atoms with van der Waals surface area (Å²) in [5, 5.41) is 4.04. The van der Waals surface area contributed by atoms with Gasteiger partial charge in [-0.15, -0.1) is 0 Å². The van der Waals surface area contributed by atoms with E-state index in [2.05, 4.69) is 20.3 Å². The van der Waals surface area contributed by atoms with Crippen molar-refractivity contribution in [2.75, 3.05) is 18.5 Å². The van der Waals surface area contributed by atoms with Crippen LogP contribution in [-0.4, -0.2) is 34.3 Å². The van der Waals surface area contributed by atoms with Crippen LogP contribution in [0.15, 0.2) is 42.7 Å². The second kappa shape index (κ2) is 7.80. The number of nitrogens with one attached hydrogen (secondary N) is 1. The second-order valence-corrected chi connectivity index (χ2v) is 7.23. The van der Waals surface area contributed by atoms with Gasteiger partial charge < -0.3 is 14.8 Å². The van der Waals surface area contributed by atoms with Gasteiger partial charge in [0.15, 0.2) is 5.13 Å². The van der Waals surface area contributed by atoms with Gasteiger partial charge in [-0.2, -0.15) is 4.98 Å². The summed E-state index contributed by atoms with van der Waals surface area (Å²) >= 11 is 1.54. The predicted octanol–water partition coefficient (Wildman–Crippen LogP) is 4.21. The largest absolute Gasteiger partial charge is 0.472 e. The van der Waals surface area contributed by atoms with E-state index in [9.17, 15) is 0 Å². The first-order valence-electron chi connectivity index (χ1n) is 8.63. The summed E-state index contributed by atoms with van der Waals surface area (Å²) in [6.07, 6.45) is 5.70. The third-order valence-corrected chi connectivity index (χ3v) is 4.95. The maximum absolute atomic E-state index is 5.99. The van der Waals surface area contributed by atoms with Crippen molar-refractivity contribution in [3.8, 4) is 16.5 Å². The molecule has 0 aliphatic carbocycles. The van der Waals surface area contributed by atoms with Crippen molar-refractivity contribution >= 4 is 22.3 Å². The Hall–Kier alpha value is -2.51. The number of thiazole rings is 1. The van der Waals surface area contributed by atoms with Crippen molar-refractivity contribution < 1.29 is 9.47 Å². The Kier molecular flexibility index (Phi) is 5.08. The van der Waals surface area contributed by atoms with E-state index in [1.807, 2.05) is 43.5 Å². The average Bonchev–Trinajstić information content (AvgIpc) is 3.11. The zero-order chi connectivity index (χ0) is 17.8. The number of anilines is 2. The van der Waals surface area contributed by atoms with Crippen molar-refractivity contribution in [3.63, 3.8) is 0 Å². The van der Waals surface area contributed by atoms with Crippen LogP contribution in [-0.2, 0) is 4.74 Å². The van der Waals surface area contributed by atoms with Gasteiger partial charge in [-0.1, -0.05) is 17.4 Å². The molecule has 0 saturated carbocycles. The van der Waals surface area contributed by atoms with Gasteiger partial charge in [0.2, 0.25) is 5.88 Å². The number of nitrogens with zero attached hydrogens (tertiary/aromatic N) is 3. The van der Waals surface area contributed by atoms with Gasteiger partial charge in [-0.3, -0.25) is 4.98 Å². The summed E-state index contributed by atoms with van der Waals surface area (Å²) in [5.41, 5.74) is 1.99. The van der Waals surface area contributed by atoms with Crippen molar-refractivity contribution in [1.29, 1.82) is 0 Å². The zero-order valence-electron chi connectivity index (χ0n) is 14.5. The highest BCUT2D eigenvalue weighted by atomic mass is 32.1. The number of aryl methyl sites for hydroxylation is 1. The summed E-state index contributed by atoms with van der Waals surface area (Å²) in [5.74, 6) is 1.34. The minimum absolute atomic E-state index is 0.0709. The molecule has 0 amide bonds. The van der Waals surface area contributed by atoms with Crippen LogP contribution in [0, 0.1) is 6.92 Å². The number of rotatable bonds is 5. The van der Waals surface area contributed by atoms with Gasteiger partial charge in [-0.25, -0.2) is 4.98 Å². The lowest BCUT2D eigenvalue weighted by Gasteiger charge is -2.23. The van der Waals surface area contributed by atoms with Crippen LogP contribution >= 0.6 is 11.3 Å². The molecule has 0 radical (unpaired) electrons. The number of hydrogen-bond acceptors (Lipinski definition) is 7. The molecule has 26 heavy (non-hydrogen) atoms. The highest BCUT2D eigenvalue weighted by molar-refractivity contribution is 7.18. The van der Waals surface area contributed by atoms with Crippen molar-refractivity contribution in [1.82, 2.24) is 15.0 Å². The van der Waals surface area contributed by atoms with Gasteiger partial charge in [0, 0.05) is 25.1 Å². The minimum atomic E-state index is 0.0709. The maximum Gasteiger partial charge on any atom is 0.215 e. The molecular weight excluding hydrogens is 348 g/mol. The Labute approximate surface area is 156 Å². The minimum Gasteiger partial charge on any atom is -0.472 e. The van der Waals surface area contributed by atoms with Crippen LogP contribution in [0.4, 0.5) is 10.9 Å². The lowest BCUT2D eigenvalue weighted by atomic mass is 10.2. The van der Waals surface area contributed by atoms with E-state index >= 15 is 0 Å². The quantitative estimate of drug-likeness (QED) is 0.727. The Balaban J connectivity index is 1.48. The second-order valence-electron chi connectivity index (χ2n) is 6.19. The molecule has 1 aliphatic rings. The van der Waals surface area contributed by atoms with Gasteiger partial charge >= 0.3 is 0 Å². The molecule has 1 aliphatic heterocycles. The molecule has 0 bridgehead atoms. The molecule has 7 heteroatoms. The average molecular weight is 368 g/mol. The van der Waals surface area contributed by atoms with Crippen LogP contribution in [0.1, 0.15) is 18.4 Å². The lowest BCUT2D eigenvalue weighted by Crippen LogP contribution is -2.28. The highest BCUT2D eigenvalue weighted by Gasteiger charge is 2.16. The third kappa shape index (κ3) is 4.17. The topological polar surface area (TPSA) is 69.2 Å². The van der Waals surface area contributed by atoms with Crippen LogP contribution in [0.25, 0.3) is 10.6 Å². The molecule has 1 saturated heterocycles. The molecule has 4 rings (SSSR count). The molecule has 3 aromatic heterocycles. The predicted molar refractivity (Wildman–Crippen MR) is 102 cm³/mol. The normalized spacial score (nSPS) is 17.0. The van der Waals surface area contributed by atoms with E-state index in [4.69, 9.17) is 9.47 Å². The number of pyridine rings is 2. The highest BCUT2D eigenvalue weighted by Crippen LogP contribution is 2.29. The van der Waals surface area contributed by atoms with E-state index in [-0.39, 0.29) is 6.10 Å². The first-order chi connectivity index (χ1) is 12.8. The Morgan fingerprint density at radius 2 is 2.23 bits per heavy atom. The number of aromatic nitrogens is 3. The van der Waals surface area contributed by atoms with E-state index in [1.165, 1.54) is 0 Å². The van der Waals surface area contributed by atoms with Crippen molar-refractivity contribution in [2.24, 2.45) is 0 Å². The summed E-state index contributed by atoms with van der Waals surface area (Å²) in [4.78, 5) is 14.4. The van der Waals surface area contributed by atoms with Gasteiger partial charge in [-0.05, 0) is 43.5 Å². The van der Waals surface area contributed by atoms with Crippen LogP contribution in [0.5, 0.6) is 5.88 Å². The van der Waals surface area contributed by atoms with E-state index in [0.29, 0.717) is 12.5 Å². The summed E-state index contributed by atoms with van der Waals surface area (Å²) in [6, 6.07) is 9.77. The molecule has 1 unspecified atom stereocenters. The number of ether oxygens (including phenoxy) is 2. The summed E-state index contributed by atoms with van der Waals surface area (Å²) < 4.78 is 11.5. The molecule has 1 N–H and O–H groups in total. The maximum atomic E-state index is 5.99. The molecule has 0 aromatic carbocycles. The number of hydrogen-bond donors (Lipinski definition) is 1. The van der Waals surface area contributed by atoms with Crippen molar-refractivity contribution in [2.45, 2.75) is 25.9 Å². The van der Waals surface area contributed by atoms with Crippen LogP contribution in [0.2, 0.25) is 0 Å². The first kappa shape index (κ1) is 16.9. The van der Waals surface area contributed by atoms with E-state index < -0.39 is 0 Å². The van der Waals surface area contributed by atoms with E-state index in [1.54, 1.807) is 17.5 Å². The Bertz CT molecular complexity index is 863. The van der Waals surface area contributed by atoms with Gasteiger partial charge in [0.05, 0.1) is 17.2 Å². The molecule has 0 spiro atoms. The molecule has 6 nitrogen and oxygen atoms in total. The fraction of sp³-hybridized carbons (Fsp3) is 0.316. The smallest absolute Gasteiger partial charge is 0.215 e. The fourth-order valence-corrected chi connectivity index (χ4v) is 3.60. The van der Waals surface area contributed by atoms with Crippen molar-refractivity contribution in [3.05, 3.63) is 48.3 Å². The van der Waals surface area contributed by atoms with Gasteiger partial charge in [0.1, 0.15) is 11.9 Å². The molecular formula is C19H20N4O2S. The fourth-order valence-electron chi connectivity index (χ4n) is 2.80. The zero-order valence-corrected chi connectivity index (χ0v) is 15.3. The van der Waals surface area contributed by atoms with Gasteiger partial charge in [0.25, 0.3) is 0 Å². The SMILES string of the molecule is Cc1cc(Nc2ncc(-c3ccccn3)s2)nc(OC2CCCOC2)c1. The van der Waals surface area contributed by atoms with Crippen LogP contribution < -0.4 is 10.1 Å². The molecule has 1 fully saturated rings. The molecule has 3 aromatic rings. The first-order valence-corrected chi connectivity index (χ1v) is 9.45. The Morgan fingerprint density at radius 3 is 3.04 bits per heavy atom. The lowest BCUT2D eigenvalue weighted by molar-refractivity contribution is 0.00554. The molecule has 134 valence electrons. The molecule has 1 atom stereocenters. The van der Waals surface area contributed by atoms with E-state index in [0.717, 1.165) is 46.5 Å². The molecule has 4 heterocycles.